The van der Waals surface area contributed by atoms with Crippen LogP contribution >= 0.6 is 0 Å². The number of rotatable bonds is 28. The minimum atomic E-state index is -0.591. The number of nitrogens with zero attached hydrogens (tertiary/aromatic N) is 1. The van der Waals surface area contributed by atoms with Crippen LogP contribution in [0.25, 0.3) is 0 Å². The molecule has 0 aliphatic heterocycles. The lowest BCUT2D eigenvalue weighted by Crippen LogP contribution is -2.45. The Hall–Kier alpha value is -2.56. The van der Waals surface area contributed by atoms with Crippen LogP contribution in [0.1, 0.15) is 109 Å². The van der Waals surface area contributed by atoms with Crippen molar-refractivity contribution in [3.8, 4) is 0 Å². The number of alkyl carbamates (subject to hydrolysis) is 1. The first kappa shape index (κ1) is 40.6. The van der Waals surface area contributed by atoms with E-state index in [0.29, 0.717) is 6.42 Å². The molecule has 0 aliphatic rings. The molecule has 1 N–H and O–H groups in total. The minimum Gasteiger partial charge on any atom is -0.447 e. The van der Waals surface area contributed by atoms with Crippen molar-refractivity contribution in [2.75, 3.05) is 27.9 Å². The Kier molecular flexibility index (Phi) is 22.8. The maximum Gasteiger partial charge on any atom is 0.407 e. The Morgan fingerprint density at radius 3 is 1.89 bits per heavy atom. The Morgan fingerprint density at radius 2 is 1.32 bits per heavy atom. The van der Waals surface area contributed by atoms with Gasteiger partial charge in [-0.2, -0.15) is 0 Å². The van der Waals surface area contributed by atoms with E-state index in [0.717, 1.165) is 36.9 Å². The van der Waals surface area contributed by atoms with Gasteiger partial charge in [0.15, 0.2) is 0 Å². The molecule has 5 unspecified atom stereocenters. The number of pyridine rings is 1. The molecule has 9 heteroatoms. The zero-order valence-corrected chi connectivity index (χ0v) is 29.7. The van der Waals surface area contributed by atoms with Crippen LogP contribution in [0, 0.1) is 0 Å². The molecule has 1 aromatic carbocycles. The Morgan fingerprint density at radius 1 is 0.702 bits per heavy atom. The third-order valence-electron chi connectivity index (χ3n) is 8.64. The number of unbranched alkanes of at least 4 members (excludes halogenated alkanes) is 10. The molecule has 2 aromatic rings. The molecule has 1 amide bonds. The molecule has 47 heavy (non-hydrogen) atoms. The molecule has 9 nitrogen and oxygen atoms in total. The number of ether oxygens (including phenoxy) is 4. The first-order valence-corrected chi connectivity index (χ1v) is 17.8. The number of benzene rings is 1. The van der Waals surface area contributed by atoms with E-state index in [2.05, 4.69) is 24.1 Å². The van der Waals surface area contributed by atoms with Gasteiger partial charge in [-0.3, -0.25) is 4.98 Å². The van der Waals surface area contributed by atoms with Crippen LogP contribution in [0.2, 0.25) is 0 Å². The zero-order valence-electron chi connectivity index (χ0n) is 29.7. The van der Waals surface area contributed by atoms with Crippen LogP contribution in [0.3, 0.4) is 0 Å². The normalized spacial score (nSPS) is 14.7. The molecular formula is C38H62N2O7. The fraction of sp³-hybridized carbons (Fsp3) is 0.684. The quantitative estimate of drug-likeness (QED) is 0.0553. The van der Waals surface area contributed by atoms with Crippen molar-refractivity contribution in [3.05, 3.63) is 66.0 Å². The minimum absolute atomic E-state index is 0.0238. The van der Waals surface area contributed by atoms with E-state index >= 15 is 0 Å². The highest BCUT2D eigenvalue weighted by atomic mass is 17.2. The molecular weight excluding hydrogens is 596 g/mol. The number of hydrogen-bond acceptors (Lipinski definition) is 8. The van der Waals surface area contributed by atoms with E-state index in [9.17, 15) is 4.79 Å². The van der Waals surface area contributed by atoms with Gasteiger partial charge < -0.3 is 24.3 Å². The fourth-order valence-corrected chi connectivity index (χ4v) is 5.73. The van der Waals surface area contributed by atoms with Crippen LogP contribution in [0.5, 0.6) is 0 Å². The summed E-state index contributed by atoms with van der Waals surface area (Å²) in [6, 6.07) is 15.5. The van der Waals surface area contributed by atoms with Gasteiger partial charge in [0.1, 0.15) is 24.9 Å². The Balaban J connectivity index is 1.96. The molecule has 2 rings (SSSR count). The smallest absolute Gasteiger partial charge is 0.407 e. The number of aromatic nitrogens is 1. The van der Waals surface area contributed by atoms with Crippen molar-refractivity contribution < 1.29 is 33.5 Å². The van der Waals surface area contributed by atoms with Gasteiger partial charge in [-0.1, -0.05) is 121 Å². The monoisotopic (exact) mass is 658 g/mol. The third kappa shape index (κ3) is 17.4. The number of carbonyl (C=O) groups excluding carboxylic acids is 1. The fourth-order valence-electron chi connectivity index (χ4n) is 5.73. The first-order valence-electron chi connectivity index (χ1n) is 17.8. The summed E-state index contributed by atoms with van der Waals surface area (Å²) in [5, 5.41) is 2.73. The summed E-state index contributed by atoms with van der Waals surface area (Å²) in [6.07, 6.45) is 15.3. The lowest BCUT2D eigenvalue weighted by molar-refractivity contribution is -0.388. The van der Waals surface area contributed by atoms with E-state index in [4.69, 9.17) is 28.7 Å². The number of carbonyl (C=O) groups is 1. The van der Waals surface area contributed by atoms with Gasteiger partial charge in [0.05, 0.1) is 24.4 Å². The lowest BCUT2D eigenvalue weighted by atomic mass is 9.99. The van der Waals surface area contributed by atoms with Crippen LogP contribution in [0.15, 0.2) is 54.7 Å². The van der Waals surface area contributed by atoms with Crippen LogP contribution < -0.4 is 5.32 Å². The molecule has 0 fully saturated rings. The molecule has 0 bridgehead atoms. The van der Waals surface area contributed by atoms with Gasteiger partial charge in [-0.15, -0.1) is 0 Å². The van der Waals surface area contributed by atoms with E-state index in [1.54, 1.807) is 27.5 Å². The number of amides is 1. The Labute approximate surface area is 284 Å². The van der Waals surface area contributed by atoms with Crippen molar-refractivity contribution in [1.82, 2.24) is 10.3 Å². The molecule has 1 aromatic heterocycles. The second-order valence-electron chi connectivity index (χ2n) is 12.2. The highest BCUT2D eigenvalue weighted by molar-refractivity contribution is 5.67. The van der Waals surface area contributed by atoms with Gasteiger partial charge >= 0.3 is 6.09 Å². The summed E-state index contributed by atoms with van der Waals surface area (Å²) < 4.78 is 23.1. The molecule has 0 saturated heterocycles. The van der Waals surface area contributed by atoms with E-state index in [1.165, 1.54) is 57.8 Å². The molecule has 0 radical (unpaired) electrons. The lowest BCUT2D eigenvalue weighted by Gasteiger charge is -2.33. The zero-order chi connectivity index (χ0) is 34.0. The first-order chi connectivity index (χ1) is 23.1. The van der Waals surface area contributed by atoms with Crippen molar-refractivity contribution in [2.24, 2.45) is 0 Å². The second-order valence-corrected chi connectivity index (χ2v) is 12.2. The molecule has 5 atom stereocenters. The van der Waals surface area contributed by atoms with Gasteiger partial charge in [0.25, 0.3) is 0 Å². The predicted octanol–water partition coefficient (Wildman–Crippen LogP) is 8.39. The van der Waals surface area contributed by atoms with Gasteiger partial charge in [0.2, 0.25) is 0 Å². The molecule has 266 valence electrons. The van der Waals surface area contributed by atoms with E-state index in [1.807, 2.05) is 48.5 Å². The van der Waals surface area contributed by atoms with E-state index in [-0.39, 0.29) is 25.4 Å². The van der Waals surface area contributed by atoms with Crippen molar-refractivity contribution in [1.29, 1.82) is 0 Å². The predicted molar refractivity (Wildman–Crippen MR) is 186 cm³/mol. The van der Waals surface area contributed by atoms with Gasteiger partial charge in [-0.05, 0) is 30.5 Å². The van der Waals surface area contributed by atoms with Crippen LogP contribution in [0.4, 0.5) is 4.79 Å². The third-order valence-corrected chi connectivity index (χ3v) is 8.64. The van der Waals surface area contributed by atoms with Gasteiger partial charge in [-0.25, -0.2) is 14.6 Å². The average Bonchev–Trinajstić information content (AvgIpc) is 3.11. The standard InChI is InChI=1S/C38H62N2O7/c1-6-8-9-10-11-12-13-14-15-16-20-26-34(43-4)37(33(7-2)42-3)47-46-35(28-31-23-18-17-19-24-31)36(44-5)30-45-38(41)40-29-32-25-21-22-27-39-32/h17-19,21-25,27,33-37H,6-16,20,26,28-30H2,1-5H3,(H,40,41). The van der Waals surface area contributed by atoms with Crippen molar-refractivity contribution in [3.63, 3.8) is 0 Å². The summed E-state index contributed by atoms with van der Waals surface area (Å²) >= 11 is 0. The average molecular weight is 659 g/mol. The number of hydrogen-bond donors (Lipinski definition) is 1. The summed E-state index contributed by atoms with van der Waals surface area (Å²) in [7, 11) is 4.99. The Bertz CT molecular complexity index is 1010. The number of methoxy groups -OCH3 is 3. The highest BCUT2D eigenvalue weighted by Gasteiger charge is 2.34. The molecule has 0 saturated carbocycles. The van der Waals surface area contributed by atoms with E-state index < -0.39 is 24.4 Å². The topological polar surface area (TPSA) is 97.4 Å². The summed E-state index contributed by atoms with van der Waals surface area (Å²) in [5.41, 5.74) is 1.78. The van der Waals surface area contributed by atoms with Crippen molar-refractivity contribution in [2.45, 2.75) is 141 Å². The van der Waals surface area contributed by atoms with Crippen LogP contribution in [-0.2, 0) is 41.7 Å². The largest absolute Gasteiger partial charge is 0.447 e. The second kappa shape index (κ2) is 26.4. The molecule has 1 heterocycles. The maximum absolute atomic E-state index is 12.5. The maximum atomic E-state index is 12.5. The highest BCUT2D eigenvalue weighted by Crippen LogP contribution is 2.23. The van der Waals surface area contributed by atoms with Gasteiger partial charge in [0, 0.05) is 33.9 Å². The summed E-state index contributed by atoms with van der Waals surface area (Å²) in [5.74, 6) is 0. The number of nitrogens with one attached hydrogen (secondary N) is 1. The molecule has 0 spiro atoms. The molecule has 0 aliphatic carbocycles. The van der Waals surface area contributed by atoms with Crippen LogP contribution in [-0.4, -0.2) is 69.5 Å². The van der Waals surface area contributed by atoms with Crippen molar-refractivity contribution >= 4 is 6.09 Å². The SMILES string of the molecule is CCCCCCCCCCCCCC(OC)C(OOC(Cc1ccccc1)C(COC(=O)NCc1ccccn1)OC)C(CC)OC. The summed E-state index contributed by atoms with van der Waals surface area (Å²) in [4.78, 5) is 29.1. The summed E-state index contributed by atoms with van der Waals surface area (Å²) in [6.45, 7) is 4.57.